The smallest absolute Gasteiger partial charge is 0.316 e. The number of anilines is 1. The van der Waals surface area contributed by atoms with Gasteiger partial charge in [0.15, 0.2) is 0 Å². The first-order chi connectivity index (χ1) is 9.56. The molecule has 6 nitrogen and oxygen atoms in total. The summed E-state index contributed by atoms with van der Waals surface area (Å²) in [6, 6.07) is 5.82. The number of urea groups is 1. The molecule has 0 aliphatic heterocycles. The molecule has 0 heterocycles. The molecule has 0 bridgehead atoms. The molecule has 2 unspecified atom stereocenters. The van der Waals surface area contributed by atoms with Crippen molar-refractivity contribution in [3.63, 3.8) is 0 Å². The first-order valence-corrected chi connectivity index (χ1v) is 6.69. The van der Waals surface area contributed by atoms with Gasteiger partial charge in [-0.2, -0.15) is 0 Å². The molecule has 5 N–H and O–H groups in total. The Bertz CT molecular complexity index is 487. The van der Waals surface area contributed by atoms with Crippen LogP contribution in [0, 0.1) is 5.92 Å². The molecule has 0 saturated heterocycles. The van der Waals surface area contributed by atoms with Gasteiger partial charge in [-0.3, -0.25) is 4.79 Å². The highest BCUT2D eigenvalue weighted by molar-refractivity contribution is 5.95. The third kappa shape index (κ3) is 3.71. The number of carbonyl (C=O) groups excluding carboxylic acids is 2. The van der Waals surface area contributed by atoms with Gasteiger partial charge in [-0.1, -0.05) is 6.42 Å². The Labute approximate surface area is 117 Å². The van der Waals surface area contributed by atoms with Gasteiger partial charge in [-0.05, 0) is 37.1 Å². The Kier molecular flexibility index (Phi) is 4.57. The zero-order valence-corrected chi connectivity index (χ0v) is 11.1. The molecule has 2 atom stereocenters. The number of primary amides is 1. The predicted octanol–water partition coefficient (Wildman–Crippen LogP) is 1.07. The van der Waals surface area contributed by atoms with Crippen LogP contribution < -0.4 is 16.4 Å². The number of benzene rings is 1. The van der Waals surface area contributed by atoms with Crippen LogP contribution in [0.4, 0.5) is 10.5 Å². The maximum atomic E-state index is 11.9. The van der Waals surface area contributed by atoms with Crippen molar-refractivity contribution >= 4 is 17.6 Å². The fourth-order valence-electron chi connectivity index (χ4n) is 2.43. The van der Waals surface area contributed by atoms with Gasteiger partial charge in [0, 0.05) is 23.7 Å². The Balaban J connectivity index is 1.87. The van der Waals surface area contributed by atoms with E-state index >= 15 is 0 Å². The number of carbonyl (C=O) groups is 2. The highest BCUT2D eigenvalue weighted by atomic mass is 16.3. The number of aliphatic hydroxyl groups is 1. The first-order valence-electron chi connectivity index (χ1n) is 6.69. The number of hydrogen-bond donors (Lipinski definition) is 4. The second kappa shape index (κ2) is 6.38. The third-order valence-corrected chi connectivity index (χ3v) is 3.56. The van der Waals surface area contributed by atoms with E-state index in [0.717, 1.165) is 19.3 Å². The second-order valence-corrected chi connectivity index (χ2v) is 5.03. The van der Waals surface area contributed by atoms with Gasteiger partial charge in [0.05, 0.1) is 6.10 Å². The van der Waals surface area contributed by atoms with Gasteiger partial charge < -0.3 is 21.5 Å². The summed E-state index contributed by atoms with van der Waals surface area (Å²) in [5.41, 5.74) is 6.05. The van der Waals surface area contributed by atoms with E-state index in [1.807, 2.05) is 0 Å². The van der Waals surface area contributed by atoms with Crippen molar-refractivity contribution in [3.05, 3.63) is 29.8 Å². The number of amides is 3. The van der Waals surface area contributed by atoms with E-state index < -0.39 is 6.03 Å². The molecule has 0 aromatic heterocycles. The number of rotatable bonds is 4. The lowest BCUT2D eigenvalue weighted by molar-refractivity contribution is 0.0917. The average molecular weight is 277 g/mol. The summed E-state index contributed by atoms with van der Waals surface area (Å²) in [6.07, 6.45) is 2.46. The maximum Gasteiger partial charge on any atom is 0.316 e. The lowest BCUT2D eigenvalue weighted by Crippen LogP contribution is -2.32. The van der Waals surface area contributed by atoms with Crippen LogP contribution in [-0.4, -0.2) is 29.7 Å². The molecular formula is C14H19N3O3. The van der Waals surface area contributed by atoms with Crippen LogP contribution in [0.25, 0.3) is 0 Å². The molecule has 1 aliphatic rings. The van der Waals surface area contributed by atoms with E-state index in [9.17, 15) is 14.7 Å². The summed E-state index contributed by atoms with van der Waals surface area (Å²) in [7, 11) is 0. The first kappa shape index (κ1) is 14.3. The minimum absolute atomic E-state index is 0.148. The topological polar surface area (TPSA) is 104 Å². The monoisotopic (exact) mass is 277 g/mol. The third-order valence-electron chi connectivity index (χ3n) is 3.56. The standard InChI is InChI=1S/C14H19N3O3/c15-14(20)17-11-6-4-9(5-7-11)13(19)16-8-10-2-1-3-12(10)18/h4-7,10,12,18H,1-3,8H2,(H,16,19)(H3,15,17,20). The predicted molar refractivity (Wildman–Crippen MR) is 75.3 cm³/mol. The van der Waals surface area contributed by atoms with Crippen LogP contribution in [0.15, 0.2) is 24.3 Å². The summed E-state index contributed by atoms with van der Waals surface area (Å²) in [4.78, 5) is 22.6. The largest absolute Gasteiger partial charge is 0.393 e. The van der Waals surface area contributed by atoms with Gasteiger partial charge >= 0.3 is 6.03 Å². The molecule has 6 heteroatoms. The van der Waals surface area contributed by atoms with Crippen molar-refractivity contribution in [2.75, 3.05) is 11.9 Å². The lowest BCUT2D eigenvalue weighted by atomic mass is 10.1. The molecule has 20 heavy (non-hydrogen) atoms. The minimum Gasteiger partial charge on any atom is -0.393 e. The summed E-state index contributed by atoms with van der Waals surface area (Å²) in [5, 5.41) is 14.9. The summed E-state index contributed by atoms with van der Waals surface area (Å²) < 4.78 is 0. The quantitative estimate of drug-likeness (QED) is 0.661. The second-order valence-electron chi connectivity index (χ2n) is 5.03. The van der Waals surface area contributed by atoms with Gasteiger partial charge in [-0.15, -0.1) is 0 Å². The van der Waals surface area contributed by atoms with Crippen molar-refractivity contribution < 1.29 is 14.7 Å². The summed E-state index contributed by atoms with van der Waals surface area (Å²) in [5.74, 6) is -0.0375. The van der Waals surface area contributed by atoms with E-state index in [0.29, 0.717) is 17.8 Å². The van der Waals surface area contributed by atoms with Crippen LogP contribution >= 0.6 is 0 Å². The Morgan fingerprint density at radius 3 is 2.50 bits per heavy atom. The fourth-order valence-corrected chi connectivity index (χ4v) is 2.43. The molecule has 1 aliphatic carbocycles. The Morgan fingerprint density at radius 1 is 1.25 bits per heavy atom. The molecule has 1 saturated carbocycles. The van der Waals surface area contributed by atoms with E-state index in [-0.39, 0.29) is 17.9 Å². The Hall–Kier alpha value is -2.08. The van der Waals surface area contributed by atoms with Gasteiger partial charge in [-0.25, -0.2) is 4.79 Å². The number of hydrogen-bond acceptors (Lipinski definition) is 3. The number of nitrogens with one attached hydrogen (secondary N) is 2. The summed E-state index contributed by atoms with van der Waals surface area (Å²) >= 11 is 0. The Morgan fingerprint density at radius 2 is 1.95 bits per heavy atom. The SMILES string of the molecule is NC(=O)Nc1ccc(C(=O)NCC2CCCC2O)cc1. The highest BCUT2D eigenvalue weighted by Crippen LogP contribution is 2.24. The van der Waals surface area contributed by atoms with Crippen molar-refractivity contribution in [1.29, 1.82) is 0 Å². The minimum atomic E-state index is -0.641. The van der Waals surface area contributed by atoms with Crippen molar-refractivity contribution in [2.45, 2.75) is 25.4 Å². The van der Waals surface area contributed by atoms with E-state index in [2.05, 4.69) is 10.6 Å². The van der Waals surface area contributed by atoms with E-state index in [4.69, 9.17) is 5.73 Å². The molecule has 0 spiro atoms. The van der Waals surface area contributed by atoms with Crippen molar-refractivity contribution in [1.82, 2.24) is 5.32 Å². The molecule has 0 radical (unpaired) electrons. The van der Waals surface area contributed by atoms with Crippen molar-refractivity contribution in [2.24, 2.45) is 11.7 Å². The molecule has 3 amide bonds. The molecule has 108 valence electrons. The maximum absolute atomic E-state index is 11.9. The van der Waals surface area contributed by atoms with Crippen LogP contribution in [0.5, 0.6) is 0 Å². The van der Waals surface area contributed by atoms with Gasteiger partial charge in [0.2, 0.25) is 0 Å². The van der Waals surface area contributed by atoms with E-state index in [1.165, 1.54) is 0 Å². The normalized spacial score (nSPS) is 21.4. The number of nitrogens with two attached hydrogens (primary N) is 1. The van der Waals surface area contributed by atoms with Gasteiger partial charge in [0.25, 0.3) is 5.91 Å². The molecular weight excluding hydrogens is 258 g/mol. The average Bonchev–Trinajstić information content (AvgIpc) is 2.82. The lowest BCUT2D eigenvalue weighted by Gasteiger charge is -2.15. The van der Waals surface area contributed by atoms with Crippen molar-refractivity contribution in [3.8, 4) is 0 Å². The zero-order chi connectivity index (χ0) is 14.5. The molecule has 1 aromatic rings. The molecule has 1 aromatic carbocycles. The molecule has 1 fully saturated rings. The summed E-state index contributed by atoms with van der Waals surface area (Å²) in [6.45, 7) is 0.487. The van der Waals surface area contributed by atoms with Crippen LogP contribution in [-0.2, 0) is 0 Å². The van der Waals surface area contributed by atoms with Crippen LogP contribution in [0.3, 0.4) is 0 Å². The zero-order valence-electron chi connectivity index (χ0n) is 11.1. The van der Waals surface area contributed by atoms with Crippen LogP contribution in [0.1, 0.15) is 29.6 Å². The van der Waals surface area contributed by atoms with Gasteiger partial charge in [0.1, 0.15) is 0 Å². The number of aliphatic hydroxyl groups excluding tert-OH is 1. The molecule has 2 rings (SSSR count). The van der Waals surface area contributed by atoms with Crippen LogP contribution in [0.2, 0.25) is 0 Å². The van der Waals surface area contributed by atoms with E-state index in [1.54, 1.807) is 24.3 Å². The fraction of sp³-hybridized carbons (Fsp3) is 0.429. The highest BCUT2D eigenvalue weighted by Gasteiger charge is 2.25.